The lowest BCUT2D eigenvalue weighted by atomic mass is 10.3. The summed E-state index contributed by atoms with van der Waals surface area (Å²) < 4.78 is 18.1. The van der Waals surface area contributed by atoms with Gasteiger partial charge in [0.1, 0.15) is 10.8 Å². The lowest BCUT2D eigenvalue weighted by Crippen LogP contribution is -2.26. The van der Waals surface area contributed by atoms with E-state index in [0.29, 0.717) is 17.1 Å². The molecule has 0 fully saturated rings. The molecule has 0 saturated carbocycles. The molecular weight excluding hydrogens is 383 g/mol. The van der Waals surface area contributed by atoms with Crippen LogP contribution < -0.4 is 0 Å². The molecule has 0 radical (unpaired) electrons. The standard InChI is InChI=1S/C18H17FN6S2/c1-12(17-20-15-8-3-4-9-16(15)27-17)23(2)11-24-18(26)25(22-21-24)14-7-5-6-13(19)10-14/h3-10,12H,11H2,1-2H3/t12-/m0/s1. The fourth-order valence-corrected chi connectivity index (χ4v) is 4.04. The van der Waals surface area contributed by atoms with Crippen LogP contribution in [-0.2, 0) is 6.67 Å². The van der Waals surface area contributed by atoms with Crippen molar-refractivity contribution in [2.45, 2.75) is 19.6 Å². The van der Waals surface area contributed by atoms with Crippen LogP contribution in [0.5, 0.6) is 0 Å². The zero-order chi connectivity index (χ0) is 19.0. The fraction of sp³-hybridized carbons (Fsp3) is 0.222. The van der Waals surface area contributed by atoms with Crippen LogP contribution in [0.3, 0.4) is 0 Å². The van der Waals surface area contributed by atoms with Gasteiger partial charge in [-0.15, -0.1) is 11.3 Å². The van der Waals surface area contributed by atoms with Crippen molar-refractivity contribution in [2.75, 3.05) is 7.05 Å². The van der Waals surface area contributed by atoms with Crippen LogP contribution in [0.25, 0.3) is 15.9 Å². The highest BCUT2D eigenvalue weighted by atomic mass is 32.1. The molecule has 0 N–H and O–H groups in total. The molecule has 0 bridgehead atoms. The molecule has 9 heteroatoms. The average molecular weight is 401 g/mol. The first-order valence-electron chi connectivity index (χ1n) is 8.37. The van der Waals surface area contributed by atoms with Gasteiger partial charge in [-0.2, -0.15) is 4.68 Å². The second-order valence-corrected chi connectivity index (χ2v) is 7.67. The number of para-hydroxylation sites is 1. The highest BCUT2D eigenvalue weighted by Crippen LogP contribution is 2.28. The molecule has 27 heavy (non-hydrogen) atoms. The smallest absolute Gasteiger partial charge is 0.221 e. The Morgan fingerprint density at radius 1 is 1.19 bits per heavy atom. The maximum Gasteiger partial charge on any atom is 0.221 e. The lowest BCUT2D eigenvalue weighted by molar-refractivity contribution is 0.193. The van der Waals surface area contributed by atoms with Crippen molar-refractivity contribution in [3.8, 4) is 5.69 Å². The van der Waals surface area contributed by atoms with Gasteiger partial charge in [-0.3, -0.25) is 4.90 Å². The summed E-state index contributed by atoms with van der Waals surface area (Å²) in [6.07, 6.45) is 0. The van der Waals surface area contributed by atoms with E-state index in [0.717, 1.165) is 10.5 Å². The van der Waals surface area contributed by atoms with E-state index in [-0.39, 0.29) is 11.9 Å². The number of fused-ring (bicyclic) bond motifs is 1. The van der Waals surface area contributed by atoms with Crippen molar-refractivity contribution >= 4 is 33.8 Å². The Morgan fingerprint density at radius 2 is 2.00 bits per heavy atom. The molecule has 0 spiro atoms. The first-order valence-corrected chi connectivity index (χ1v) is 9.60. The van der Waals surface area contributed by atoms with Gasteiger partial charge in [-0.25, -0.2) is 14.1 Å². The molecular formula is C18H17FN6S2. The van der Waals surface area contributed by atoms with Crippen molar-refractivity contribution in [1.29, 1.82) is 0 Å². The summed E-state index contributed by atoms with van der Waals surface area (Å²) in [5, 5.41) is 9.22. The van der Waals surface area contributed by atoms with Crippen LogP contribution in [0.2, 0.25) is 0 Å². The summed E-state index contributed by atoms with van der Waals surface area (Å²) in [6.45, 7) is 2.55. The minimum Gasteiger partial charge on any atom is -0.278 e. The van der Waals surface area contributed by atoms with Crippen LogP contribution in [0, 0.1) is 10.6 Å². The number of thiazole rings is 1. The van der Waals surface area contributed by atoms with E-state index < -0.39 is 0 Å². The fourth-order valence-electron chi connectivity index (χ4n) is 2.72. The number of hydrogen-bond donors (Lipinski definition) is 0. The zero-order valence-electron chi connectivity index (χ0n) is 14.8. The topological polar surface area (TPSA) is 51.8 Å². The van der Waals surface area contributed by atoms with Crippen LogP contribution >= 0.6 is 23.6 Å². The first-order chi connectivity index (χ1) is 13.0. The Hall–Kier alpha value is -2.49. The quantitative estimate of drug-likeness (QED) is 0.470. The third-order valence-corrected chi connectivity index (χ3v) is 5.97. The molecule has 0 aliphatic carbocycles. The van der Waals surface area contributed by atoms with Gasteiger partial charge in [0.15, 0.2) is 0 Å². The monoisotopic (exact) mass is 400 g/mol. The lowest BCUT2D eigenvalue weighted by Gasteiger charge is -2.22. The zero-order valence-corrected chi connectivity index (χ0v) is 16.4. The van der Waals surface area contributed by atoms with Gasteiger partial charge in [-0.1, -0.05) is 18.2 Å². The predicted molar refractivity (Wildman–Crippen MR) is 106 cm³/mol. The van der Waals surface area contributed by atoms with Gasteiger partial charge in [0.05, 0.1) is 28.6 Å². The number of rotatable bonds is 5. The second kappa shape index (κ2) is 7.26. The van der Waals surface area contributed by atoms with Gasteiger partial charge < -0.3 is 0 Å². The number of hydrogen-bond acceptors (Lipinski definition) is 6. The molecule has 6 nitrogen and oxygen atoms in total. The van der Waals surface area contributed by atoms with Gasteiger partial charge >= 0.3 is 0 Å². The molecule has 0 saturated heterocycles. The van der Waals surface area contributed by atoms with E-state index in [1.807, 2.05) is 25.2 Å². The summed E-state index contributed by atoms with van der Waals surface area (Å²) >= 11 is 7.14. The van der Waals surface area contributed by atoms with E-state index in [2.05, 4.69) is 28.3 Å². The Balaban J connectivity index is 1.56. The van der Waals surface area contributed by atoms with E-state index >= 15 is 0 Å². The molecule has 2 aromatic heterocycles. The Labute approximate surface area is 164 Å². The molecule has 0 amide bonds. The SMILES string of the molecule is C[C@@H](c1nc2ccccc2s1)N(C)Cn1nnn(-c2cccc(F)c2)c1=S. The van der Waals surface area contributed by atoms with Gasteiger partial charge in [0.2, 0.25) is 4.77 Å². The van der Waals surface area contributed by atoms with Crippen molar-refractivity contribution < 1.29 is 4.39 Å². The molecule has 2 heterocycles. The number of tetrazole rings is 1. The summed E-state index contributed by atoms with van der Waals surface area (Å²) in [5.74, 6) is -0.342. The van der Waals surface area contributed by atoms with Crippen LogP contribution in [-0.4, -0.2) is 36.7 Å². The normalized spacial score (nSPS) is 12.7. The van der Waals surface area contributed by atoms with Crippen LogP contribution in [0.4, 0.5) is 4.39 Å². The predicted octanol–water partition coefficient (Wildman–Crippen LogP) is 4.20. The highest BCUT2D eigenvalue weighted by Gasteiger charge is 2.18. The molecule has 138 valence electrons. The van der Waals surface area contributed by atoms with Crippen LogP contribution in [0.1, 0.15) is 18.0 Å². The minimum absolute atomic E-state index is 0.0867. The molecule has 2 aromatic carbocycles. The van der Waals surface area contributed by atoms with E-state index in [1.165, 1.54) is 21.5 Å². The molecule has 1 atom stereocenters. The van der Waals surface area contributed by atoms with Crippen molar-refractivity contribution in [2.24, 2.45) is 0 Å². The van der Waals surface area contributed by atoms with Crippen LogP contribution in [0.15, 0.2) is 48.5 Å². The third-order valence-electron chi connectivity index (χ3n) is 4.38. The maximum absolute atomic E-state index is 13.5. The van der Waals surface area contributed by atoms with Crippen molar-refractivity contribution in [1.82, 2.24) is 29.7 Å². The second-order valence-electron chi connectivity index (χ2n) is 6.25. The largest absolute Gasteiger partial charge is 0.278 e. The van der Waals surface area contributed by atoms with Gasteiger partial charge in [-0.05, 0) is 66.9 Å². The maximum atomic E-state index is 13.5. The van der Waals surface area contributed by atoms with Crippen molar-refractivity contribution in [3.05, 3.63) is 64.1 Å². The summed E-state index contributed by atoms with van der Waals surface area (Å²) in [6, 6.07) is 14.3. The number of halogens is 1. The van der Waals surface area contributed by atoms with Gasteiger partial charge in [0, 0.05) is 0 Å². The van der Waals surface area contributed by atoms with Crippen molar-refractivity contribution in [3.63, 3.8) is 0 Å². The molecule has 4 rings (SSSR count). The third kappa shape index (κ3) is 3.53. The van der Waals surface area contributed by atoms with E-state index in [1.54, 1.807) is 28.2 Å². The average Bonchev–Trinajstić information content (AvgIpc) is 3.25. The van der Waals surface area contributed by atoms with E-state index in [4.69, 9.17) is 17.2 Å². The minimum atomic E-state index is -0.342. The summed E-state index contributed by atoms with van der Waals surface area (Å²) in [7, 11) is 1.99. The molecule has 0 aliphatic heterocycles. The molecule has 0 unspecified atom stereocenters. The Kier molecular flexibility index (Phi) is 4.81. The Morgan fingerprint density at radius 3 is 2.78 bits per heavy atom. The number of aromatic nitrogens is 5. The number of benzene rings is 2. The Bertz CT molecular complexity index is 1110. The number of nitrogens with zero attached hydrogens (tertiary/aromatic N) is 6. The van der Waals surface area contributed by atoms with Gasteiger partial charge in [0.25, 0.3) is 0 Å². The highest BCUT2D eigenvalue weighted by molar-refractivity contribution is 7.71. The summed E-state index contributed by atoms with van der Waals surface area (Å²) in [5.41, 5.74) is 1.56. The molecule has 4 aromatic rings. The summed E-state index contributed by atoms with van der Waals surface area (Å²) in [4.78, 5) is 6.81. The van der Waals surface area contributed by atoms with E-state index in [9.17, 15) is 4.39 Å². The first kappa shape index (κ1) is 17.9. The molecule has 0 aliphatic rings.